The lowest BCUT2D eigenvalue weighted by Crippen LogP contribution is -2.82. The quantitative estimate of drug-likeness (QED) is 0.608. The molecular weight excluding hydrogens is 226 g/mol. The third-order valence-corrected chi connectivity index (χ3v) is 2.60. The number of nitrogens with two attached hydrogens (primary N) is 1. The highest BCUT2D eigenvalue weighted by Gasteiger charge is 2.10. The van der Waals surface area contributed by atoms with Crippen LogP contribution in [0.15, 0.2) is 24.8 Å². The number of hydrogen-bond donors (Lipinski definition) is 1. The lowest BCUT2D eigenvalue weighted by molar-refractivity contribution is -0.661. The van der Waals surface area contributed by atoms with Crippen LogP contribution in [0.1, 0.15) is 5.56 Å². The van der Waals surface area contributed by atoms with Crippen molar-refractivity contribution < 1.29 is 14.8 Å². The van der Waals surface area contributed by atoms with Crippen LogP contribution < -0.4 is 14.8 Å². The van der Waals surface area contributed by atoms with Crippen molar-refractivity contribution in [2.24, 2.45) is 0 Å². The minimum Gasteiger partial charge on any atom is -0.493 e. The summed E-state index contributed by atoms with van der Waals surface area (Å²) in [5.74, 6) is 1.36. The Morgan fingerprint density at radius 3 is 2.50 bits per heavy atom. The van der Waals surface area contributed by atoms with Gasteiger partial charge in [-0.25, -0.2) is 0 Å². The zero-order valence-corrected chi connectivity index (χ0v) is 10.4. The molecule has 0 bridgehead atoms. The second-order valence-corrected chi connectivity index (χ2v) is 3.72. The summed E-state index contributed by atoms with van der Waals surface area (Å²) in [5, 5.41) is 2.80. The summed E-state index contributed by atoms with van der Waals surface area (Å²) in [6.45, 7) is 5.33. The monoisotopic (exact) mass is 242 g/mol. The van der Waals surface area contributed by atoms with Gasteiger partial charge in [-0.15, -0.1) is 0 Å². The zero-order chi connectivity index (χ0) is 12.0. The molecule has 0 saturated heterocycles. The Hall–Kier alpha value is -1.19. The normalized spacial score (nSPS) is 9.94. The molecule has 0 radical (unpaired) electrons. The van der Waals surface area contributed by atoms with Crippen molar-refractivity contribution in [3.63, 3.8) is 0 Å². The van der Waals surface area contributed by atoms with Crippen molar-refractivity contribution in [3.05, 3.63) is 35.4 Å². The lowest BCUT2D eigenvalue weighted by Gasteiger charge is -2.10. The van der Waals surface area contributed by atoms with Crippen molar-refractivity contribution in [1.82, 2.24) is 0 Å². The van der Waals surface area contributed by atoms with Gasteiger partial charge in [0.15, 0.2) is 11.5 Å². The average Bonchev–Trinajstić information content (AvgIpc) is 2.31. The van der Waals surface area contributed by atoms with Crippen LogP contribution in [0, 0.1) is 0 Å². The Morgan fingerprint density at radius 1 is 1.31 bits per heavy atom. The molecule has 88 valence electrons. The van der Waals surface area contributed by atoms with Crippen molar-refractivity contribution in [2.45, 2.75) is 6.54 Å². The van der Waals surface area contributed by atoms with Gasteiger partial charge < -0.3 is 14.8 Å². The van der Waals surface area contributed by atoms with Crippen LogP contribution in [0.2, 0.25) is 5.02 Å². The first-order valence-corrected chi connectivity index (χ1v) is 5.43. The van der Waals surface area contributed by atoms with E-state index in [2.05, 4.69) is 11.9 Å². The molecule has 0 spiro atoms. The molecular formula is C12H17ClNO2+. The summed E-state index contributed by atoms with van der Waals surface area (Å²) in [4.78, 5) is 0. The molecule has 0 aromatic heterocycles. The lowest BCUT2D eigenvalue weighted by atomic mass is 10.2. The maximum atomic E-state index is 6.13. The Bertz CT molecular complexity index is 366. The largest absolute Gasteiger partial charge is 0.493 e. The molecule has 0 amide bonds. The smallest absolute Gasteiger partial charge is 0.162 e. The number of methoxy groups -OCH3 is 2. The maximum Gasteiger partial charge on any atom is 0.162 e. The molecule has 3 nitrogen and oxygen atoms in total. The van der Waals surface area contributed by atoms with Gasteiger partial charge in [-0.2, -0.15) is 0 Å². The molecule has 4 heteroatoms. The number of quaternary nitrogens is 1. The number of ether oxygens (including phenoxy) is 2. The summed E-state index contributed by atoms with van der Waals surface area (Å²) in [5.41, 5.74) is 1.03. The van der Waals surface area contributed by atoms with E-state index in [1.165, 1.54) is 0 Å². The molecule has 0 aliphatic carbocycles. The van der Waals surface area contributed by atoms with Gasteiger partial charge in [-0.1, -0.05) is 18.2 Å². The Balaban J connectivity index is 2.88. The van der Waals surface area contributed by atoms with Crippen LogP contribution in [0.25, 0.3) is 0 Å². The minimum absolute atomic E-state index is 0.653. The highest BCUT2D eigenvalue weighted by atomic mass is 35.5. The molecule has 2 N–H and O–H groups in total. The van der Waals surface area contributed by atoms with Crippen LogP contribution in [0.4, 0.5) is 0 Å². The van der Waals surface area contributed by atoms with E-state index in [0.717, 1.165) is 18.7 Å². The molecule has 0 unspecified atom stereocenters. The Kier molecular flexibility index (Phi) is 5.15. The zero-order valence-electron chi connectivity index (χ0n) is 9.63. The summed E-state index contributed by atoms with van der Waals surface area (Å²) < 4.78 is 10.4. The van der Waals surface area contributed by atoms with Gasteiger partial charge in [0.2, 0.25) is 0 Å². The molecule has 16 heavy (non-hydrogen) atoms. The van der Waals surface area contributed by atoms with E-state index in [-0.39, 0.29) is 0 Å². The predicted octanol–water partition coefficient (Wildman–Crippen LogP) is 1.61. The van der Waals surface area contributed by atoms with E-state index in [0.29, 0.717) is 16.5 Å². The third-order valence-electron chi connectivity index (χ3n) is 2.25. The molecule has 1 rings (SSSR count). The van der Waals surface area contributed by atoms with E-state index in [9.17, 15) is 0 Å². The number of rotatable bonds is 6. The first-order valence-electron chi connectivity index (χ1n) is 5.05. The molecule has 0 aliphatic rings. The number of hydrogen-bond acceptors (Lipinski definition) is 2. The number of halogens is 1. The highest BCUT2D eigenvalue weighted by molar-refractivity contribution is 6.31. The summed E-state index contributed by atoms with van der Waals surface area (Å²) in [7, 11) is 3.21. The van der Waals surface area contributed by atoms with Gasteiger partial charge in [-0.05, 0) is 12.1 Å². The van der Waals surface area contributed by atoms with Crippen molar-refractivity contribution in [1.29, 1.82) is 0 Å². The van der Waals surface area contributed by atoms with E-state index in [1.807, 2.05) is 12.1 Å². The van der Waals surface area contributed by atoms with Crippen molar-refractivity contribution in [3.8, 4) is 11.5 Å². The standard InChI is InChI=1S/C12H16ClNO2/c1-4-5-14-8-9-6-11(15-2)12(16-3)7-10(9)13/h4,6-7,14H,1,5,8H2,2-3H3/p+1. The molecule has 0 saturated carbocycles. The van der Waals surface area contributed by atoms with E-state index < -0.39 is 0 Å². The van der Waals surface area contributed by atoms with Gasteiger partial charge in [-0.3, -0.25) is 0 Å². The first-order chi connectivity index (χ1) is 7.72. The fourth-order valence-electron chi connectivity index (χ4n) is 1.41. The molecule has 1 aromatic rings. The van der Waals surface area contributed by atoms with E-state index in [4.69, 9.17) is 21.1 Å². The second kappa shape index (κ2) is 6.40. The second-order valence-electron chi connectivity index (χ2n) is 3.32. The van der Waals surface area contributed by atoms with Gasteiger partial charge in [0, 0.05) is 11.6 Å². The Morgan fingerprint density at radius 2 is 1.94 bits per heavy atom. The van der Waals surface area contributed by atoms with Gasteiger partial charge in [0.05, 0.1) is 25.8 Å². The van der Waals surface area contributed by atoms with Crippen LogP contribution in [-0.2, 0) is 6.54 Å². The van der Waals surface area contributed by atoms with E-state index >= 15 is 0 Å². The van der Waals surface area contributed by atoms with Gasteiger partial charge >= 0.3 is 0 Å². The SMILES string of the molecule is C=CC[NH2+]Cc1cc(OC)c(OC)cc1Cl. The molecule has 0 aliphatic heterocycles. The fraction of sp³-hybridized carbons (Fsp3) is 0.333. The van der Waals surface area contributed by atoms with Crippen molar-refractivity contribution in [2.75, 3.05) is 20.8 Å². The third kappa shape index (κ3) is 3.15. The first kappa shape index (κ1) is 12.9. The van der Waals surface area contributed by atoms with Crippen LogP contribution in [0.5, 0.6) is 11.5 Å². The average molecular weight is 243 g/mol. The van der Waals surface area contributed by atoms with E-state index in [1.54, 1.807) is 20.3 Å². The molecule has 1 aromatic carbocycles. The predicted molar refractivity (Wildman–Crippen MR) is 65.2 cm³/mol. The van der Waals surface area contributed by atoms with Crippen LogP contribution in [-0.4, -0.2) is 20.8 Å². The summed E-state index contributed by atoms with van der Waals surface area (Å²) in [6, 6.07) is 3.68. The Labute approximate surface area is 101 Å². The van der Waals surface area contributed by atoms with Crippen LogP contribution >= 0.6 is 11.6 Å². The van der Waals surface area contributed by atoms with Crippen molar-refractivity contribution >= 4 is 11.6 Å². The highest BCUT2D eigenvalue weighted by Crippen LogP contribution is 2.32. The summed E-state index contributed by atoms with van der Waals surface area (Å²) in [6.07, 6.45) is 1.86. The molecule has 0 fully saturated rings. The minimum atomic E-state index is 0.653. The number of benzene rings is 1. The maximum absolute atomic E-state index is 6.13. The summed E-state index contributed by atoms with van der Waals surface area (Å²) >= 11 is 6.13. The topological polar surface area (TPSA) is 35.1 Å². The van der Waals surface area contributed by atoms with Gasteiger partial charge in [0.25, 0.3) is 0 Å². The molecule has 0 atom stereocenters. The molecule has 0 heterocycles. The fourth-order valence-corrected chi connectivity index (χ4v) is 1.64. The van der Waals surface area contributed by atoms with Gasteiger partial charge in [0.1, 0.15) is 6.54 Å². The van der Waals surface area contributed by atoms with Crippen LogP contribution in [0.3, 0.4) is 0 Å².